The van der Waals surface area contributed by atoms with Crippen LogP contribution < -0.4 is 10.1 Å². The lowest BCUT2D eigenvalue weighted by Crippen LogP contribution is -2.43. The van der Waals surface area contributed by atoms with E-state index in [0.29, 0.717) is 11.5 Å². The molecule has 48 heavy (non-hydrogen) atoms. The van der Waals surface area contributed by atoms with Crippen molar-refractivity contribution >= 4 is 41.4 Å². The number of phenols is 1. The maximum atomic E-state index is 12.8. The summed E-state index contributed by atoms with van der Waals surface area (Å²) in [6, 6.07) is 7.11. The van der Waals surface area contributed by atoms with Gasteiger partial charge in [0, 0.05) is 38.5 Å². The zero-order chi connectivity index (χ0) is 37.2. The third-order valence-electron chi connectivity index (χ3n) is 7.73. The van der Waals surface area contributed by atoms with E-state index in [9.17, 15) is 24.6 Å². The first-order valence-electron chi connectivity index (χ1n) is 16.3. The summed E-state index contributed by atoms with van der Waals surface area (Å²) in [6.45, 7) is 29.1. The molecule has 4 N–H and O–H groups in total. The minimum Gasteiger partial charge on any atom is -0.507 e. The average molecular weight is 704 g/mol. The number of amides is 1. The van der Waals surface area contributed by atoms with Crippen molar-refractivity contribution in [2.24, 2.45) is 0 Å². The van der Waals surface area contributed by atoms with Gasteiger partial charge >= 0.3 is 11.9 Å². The molecule has 0 aliphatic carbocycles. The van der Waals surface area contributed by atoms with E-state index in [-0.39, 0.29) is 38.6 Å². The molecule has 2 rings (SSSR count). The van der Waals surface area contributed by atoms with E-state index >= 15 is 0 Å². The van der Waals surface area contributed by atoms with Crippen LogP contribution in [0.15, 0.2) is 34.1 Å². The molecule has 0 aromatic heterocycles. The topological polar surface area (TPSA) is 133 Å². The van der Waals surface area contributed by atoms with Crippen LogP contribution in [-0.4, -0.2) is 49.9 Å². The van der Waals surface area contributed by atoms with Crippen molar-refractivity contribution in [2.45, 2.75) is 151 Å². The standard InChI is InChI=1S/C38H57NO7S2/c1-34(2,3)24-17-22(18-25(31(24)43)35(4,5)6)47-38(13,14)48-23-19-26(36(7,8)9)32(27(20-23)37(10,11)12)46-21-29(40)39-28(33(44)45)15-16-30(41)42/h17-20,28,43H,15-16,21H2,1-14H3,(H,39,40)(H,41,42)(H,44,45)/t28-/m0/s1. The predicted octanol–water partition coefficient (Wildman–Crippen LogP) is 9.02. The van der Waals surface area contributed by atoms with Crippen LogP contribution in [0.25, 0.3) is 0 Å². The number of phenolic OH excluding ortho intramolecular Hbond substituents is 1. The molecule has 0 spiro atoms. The van der Waals surface area contributed by atoms with E-state index in [0.717, 1.165) is 32.0 Å². The number of aromatic hydroxyl groups is 1. The van der Waals surface area contributed by atoms with Gasteiger partial charge in [0.2, 0.25) is 0 Å². The Morgan fingerprint density at radius 1 is 0.688 bits per heavy atom. The van der Waals surface area contributed by atoms with Gasteiger partial charge in [0.15, 0.2) is 6.61 Å². The highest BCUT2D eigenvalue weighted by atomic mass is 32.2. The Bertz CT molecular complexity index is 1430. The molecule has 0 radical (unpaired) electrons. The first-order valence-corrected chi connectivity index (χ1v) is 18.0. The number of hydrogen-bond donors (Lipinski definition) is 4. The smallest absolute Gasteiger partial charge is 0.326 e. The first-order chi connectivity index (χ1) is 21.5. The van der Waals surface area contributed by atoms with Gasteiger partial charge < -0.3 is 25.4 Å². The summed E-state index contributed by atoms with van der Waals surface area (Å²) in [5.41, 5.74) is 2.50. The SMILES string of the molecule is CC(C)(Sc1cc(C(C)(C)C)c(O)c(C(C)(C)C)c1)Sc1cc(C(C)(C)C)c(OCC(=O)N[C@@H](CCC(=O)O)C(=O)O)c(C(C)(C)C)c1. The Balaban J connectivity index is 2.52. The molecule has 0 aliphatic rings. The molecular formula is C38H57NO7S2. The molecule has 0 heterocycles. The summed E-state index contributed by atoms with van der Waals surface area (Å²) in [5.74, 6) is -2.13. The summed E-state index contributed by atoms with van der Waals surface area (Å²) in [7, 11) is 0. The number of nitrogens with one attached hydrogen (secondary N) is 1. The van der Waals surface area contributed by atoms with Gasteiger partial charge in [0.25, 0.3) is 5.91 Å². The number of carbonyl (C=O) groups excluding carboxylic acids is 1. The molecule has 10 heteroatoms. The zero-order valence-electron chi connectivity index (χ0n) is 31.3. The van der Waals surface area contributed by atoms with Crippen molar-refractivity contribution in [3.63, 3.8) is 0 Å². The second kappa shape index (κ2) is 15.0. The van der Waals surface area contributed by atoms with Gasteiger partial charge in [-0.2, -0.15) is 0 Å². The molecule has 0 saturated carbocycles. The molecule has 0 saturated heterocycles. The van der Waals surface area contributed by atoms with E-state index in [1.54, 1.807) is 23.5 Å². The fourth-order valence-corrected chi connectivity index (χ4v) is 7.82. The van der Waals surface area contributed by atoms with Crippen LogP contribution in [0, 0.1) is 0 Å². The van der Waals surface area contributed by atoms with Crippen molar-refractivity contribution in [2.75, 3.05) is 6.61 Å². The number of carboxylic acid groups (broad SMARTS) is 2. The molecule has 8 nitrogen and oxygen atoms in total. The number of aliphatic carboxylic acids is 2. The number of carbonyl (C=O) groups is 3. The van der Waals surface area contributed by atoms with Crippen molar-refractivity contribution in [3.05, 3.63) is 46.5 Å². The van der Waals surface area contributed by atoms with Gasteiger partial charge in [-0.15, -0.1) is 23.5 Å². The van der Waals surface area contributed by atoms with Crippen LogP contribution in [0.1, 0.15) is 132 Å². The molecule has 1 amide bonds. The zero-order valence-corrected chi connectivity index (χ0v) is 32.9. The summed E-state index contributed by atoms with van der Waals surface area (Å²) in [5, 5.41) is 32.1. The van der Waals surface area contributed by atoms with E-state index in [2.05, 4.69) is 127 Å². The lowest BCUT2D eigenvalue weighted by Gasteiger charge is -2.32. The van der Waals surface area contributed by atoms with Gasteiger partial charge in [-0.1, -0.05) is 83.1 Å². The van der Waals surface area contributed by atoms with E-state index in [1.165, 1.54) is 0 Å². The Morgan fingerprint density at radius 2 is 1.06 bits per heavy atom. The molecule has 0 unspecified atom stereocenters. The second-order valence-corrected chi connectivity index (χ2v) is 20.6. The van der Waals surface area contributed by atoms with Gasteiger partial charge in [0.05, 0.1) is 4.08 Å². The highest BCUT2D eigenvalue weighted by Gasteiger charge is 2.32. The second-order valence-electron chi connectivity index (χ2n) is 17.0. The molecule has 268 valence electrons. The van der Waals surface area contributed by atoms with Crippen molar-refractivity contribution in [1.29, 1.82) is 0 Å². The number of hydrogen-bond acceptors (Lipinski definition) is 7. The van der Waals surface area contributed by atoms with E-state index < -0.39 is 30.5 Å². The molecule has 0 fully saturated rings. The van der Waals surface area contributed by atoms with Crippen molar-refractivity contribution < 1.29 is 34.4 Å². The van der Waals surface area contributed by atoms with E-state index in [1.807, 2.05) is 0 Å². The lowest BCUT2D eigenvalue weighted by molar-refractivity contribution is -0.143. The van der Waals surface area contributed by atoms with Crippen LogP contribution >= 0.6 is 23.5 Å². The van der Waals surface area contributed by atoms with Crippen LogP contribution in [0.4, 0.5) is 0 Å². The van der Waals surface area contributed by atoms with Gasteiger partial charge in [-0.3, -0.25) is 9.59 Å². The van der Waals surface area contributed by atoms with Crippen LogP contribution in [0.3, 0.4) is 0 Å². The van der Waals surface area contributed by atoms with Crippen molar-refractivity contribution in [1.82, 2.24) is 5.32 Å². The maximum Gasteiger partial charge on any atom is 0.326 e. The molecule has 2 aromatic carbocycles. The fourth-order valence-electron chi connectivity index (χ4n) is 5.23. The summed E-state index contributed by atoms with van der Waals surface area (Å²) >= 11 is 3.49. The number of carboxylic acids is 2. The molecule has 2 aromatic rings. The number of ether oxygens (including phenoxy) is 1. The maximum absolute atomic E-state index is 12.8. The predicted molar refractivity (Wildman–Crippen MR) is 197 cm³/mol. The quantitative estimate of drug-likeness (QED) is 0.126. The van der Waals surface area contributed by atoms with Gasteiger partial charge in [0.1, 0.15) is 17.5 Å². The minimum atomic E-state index is -1.33. The highest BCUT2D eigenvalue weighted by molar-refractivity contribution is 8.18. The molecule has 1 atom stereocenters. The average Bonchev–Trinajstić information content (AvgIpc) is 2.87. The highest BCUT2D eigenvalue weighted by Crippen LogP contribution is 2.51. The normalized spacial score (nSPS) is 13.6. The summed E-state index contributed by atoms with van der Waals surface area (Å²) in [4.78, 5) is 37.6. The minimum absolute atomic E-state index is 0.226. The van der Waals surface area contributed by atoms with Gasteiger partial charge in [-0.25, -0.2) is 4.79 Å². The van der Waals surface area contributed by atoms with Crippen LogP contribution in [-0.2, 0) is 36.0 Å². The third-order valence-corrected chi connectivity index (χ3v) is 10.2. The van der Waals surface area contributed by atoms with E-state index in [4.69, 9.17) is 9.84 Å². The Morgan fingerprint density at radius 3 is 1.40 bits per heavy atom. The fraction of sp³-hybridized carbons (Fsp3) is 0.605. The molecule has 0 bridgehead atoms. The van der Waals surface area contributed by atoms with Crippen LogP contribution in [0.5, 0.6) is 11.5 Å². The summed E-state index contributed by atoms with van der Waals surface area (Å²) in [6.07, 6.45) is -0.605. The Kier molecular flexibility index (Phi) is 12.9. The Labute approximate surface area is 296 Å². The third kappa shape index (κ3) is 11.6. The largest absolute Gasteiger partial charge is 0.507 e. The van der Waals surface area contributed by atoms with Crippen molar-refractivity contribution in [3.8, 4) is 11.5 Å². The summed E-state index contributed by atoms with van der Waals surface area (Å²) < 4.78 is 5.90. The monoisotopic (exact) mass is 703 g/mol. The first kappa shape index (κ1) is 41.3. The van der Waals surface area contributed by atoms with Gasteiger partial charge in [-0.05, 0) is 66.2 Å². The number of benzene rings is 2. The lowest BCUT2D eigenvalue weighted by atomic mass is 9.79. The molecule has 0 aliphatic heterocycles. The Hall–Kier alpha value is -2.85. The number of rotatable bonds is 12. The molecular weight excluding hydrogens is 647 g/mol. The number of thioether (sulfide) groups is 2. The van der Waals surface area contributed by atoms with Crippen LogP contribution in [0.2, 0.25) is 0 Å².